The van der Waals surface area contributed by atoms with Gasteiger partial charge in [-0.3, -0.25) is 0 Å². The number of benzene rings is 1. The van der Waals surface area contributed by atoms with Gasteiger partial charge in [0, 0.05) is 12.9 Å². The van der Waals surface area contributed by atoms with Crippen molar-refractivity contribution in [3.63, 3.8) is 0 Å². The topological polar surface area (TPSA) is 84.5 Å². The van der Waals surface area contributed by atoms with Gasteiger partial charge in [-0.05, 0) is 25.0 Å². The maximum atomic E-state index is 13.8. The summed E-state index contributed by atoms with van der Waals surface area (Å²) in [6.07, 6.45) is 0.889. The number of halogens is 1. The van der Waals surface area contributed by atoms with Gasteiger partial charge in [0.05, 0.1) is 18.3 Å². The van der Waals surface area contributed by atoms with Gasteiger partial charge in [0.15, 0.2) is 9.84 Å². The van der Waals surface area contributed by atoms with E-state index in [0.29, 0.717) is 13.2 Å². The number of urea groups is 1. The minimum absolute atomic E-state index is 0.0936. The number of nitrogens with one attached hydrogen (secondary N) is 2. The van der Waals surface area contributed by atoms with E-state index in [9.17, 15) is 17.6 Å². The quantitative estimate of drug-likeness (QED) is 0.794. The van der Waals surface area contributed by atoms with Gasteiger partial charge < -0.3 is 15.4 Å². The van der Waals surface area contributed by atoms with Crippen LogP contribution in [-0.4, -0.2) is 40.0 Å². The summed E-state index contributed by atoms with van der Waals surface area (Å²) >= 11 is 0. The molecule has 0 aliphatic carbocycles. The lowest BCUT2D eigenvalue weighted by atomic mass is 10.1. The lowest BCUT2D eigenvalue weighted by molar-refractivity contribution is 0.111. The number of anilines is 1. The normalized spacial score (nSPS) is 13.0. The molecule has 8 heteroatoms. The zero-order valence-corrected chi connectivity index (χ0v) is 14.5. The van der Waals surface area contributed by atoms with Crippen LogP contribution < -0.4 is 10.6 Å². The average molecular weight is 346 g/mol. The number of ether oxygens (including phenoxy) is 1. The van der Waals surface area contributed by atoms with Crippen molar-refractivity contribution in [1.82, 2.24) is 5.32 Å². The van der Waals surface area contributed by atoms with Gasteiger partial charge in [-0.1, -0.05) is 19.9 Å². The van der Waals surface area contributed by atoms with Gasteiger partial charge >= 0.3 is 6.03 Å². The molecule has 0 saturated heterocycles. The summed E-state index contributed by atoms with van der Waals surface area (Å²) in [6, 6.07) is 2.85. The van der Waals surface area contributed by atoms with E-state index in [1.807, 2.05) is 20.8 Å². The molecular formula is C15H23FN2O4S. The summed E-state index contributed by atoms with van der Waals surface area (Å²) in [5.74, 6) is -0.783. The van der Waals surface area contributed by atoms with Crippen LogP contribution in [0.5, 0.6) is 0 Å². The summed E-state index contributed by atoms with van der Waals surface area (Å²) < 4.78 is 42.5. The molecule has 0 bridgehead atoms. The standard InChI is InChI=1S/C15H23FN2O4S/c1-5-22-9-13(10(2)3)18-15(19)17-12-8-6-7-11(16)14(12)23(4,20)21/h6-8,10,13H,5,9H2,1-4H3,(H2,17,18,19). The lowest BCUT2D eigenvalue weighted by Crippen LogP contribution is -2.44. The molecule has 0 aliphatic heterocycles. The largest absolute Gasteiger partial charge is 0.380 e. The molecule has 6 nitrogen and oxygen atoms in total. The Labute approximate surface area is 136 Å². The van der Waals surface area contributed by atoms with Gasteiger partial charge in [0.2, 0.25) is 0 Å². The van der Waals surface area contributed by atoms with E-state index in [0.717, 1.165) is 12.3 Å². The second kappa shape index (κ2) is 8.26. The van der Waals surface area contributed by atoms with Crippen LogP contribution in [0.15, 0.2) is 23.1 Å². The van der Waals surface area contributed by atoms with Crippen LogP contribution in [0.3, 0.4) is 0 Å². The van der Waals surface area contributed by atoms with E-state index in [-0.39, 0.29) is 17.6 Å². The van der Waals surface area contributed by atoms with E-state index in [1.165, 1.54) is 12.1 Å². The minimum Gasteiger partial charge on any atom is -0.380 e. The highest BCUT2D eigenvalue weighted by molar-refractivity contribution is 7.90. The van der Waals surface area contributed by atoms with Crippen LogP contribution in [0.1, 0.15) is 20.8 Å². The summed E-state index contributed by atoms with van der Waals surface area (Å²) in [6.45, 7) is 6.56. The van der Waals surface area contributed by atoms with Crippen molar-refractivity contribution in [1.29, 1.82) is 0 Å². The fraction of sp³-hybridized carbons (Fsp3) is 0.533. The van der Waals surface area contributed by atoms with Gasteiger partial charge in [-0.2, -0.15) is 0 Å². The number of carbonyl (C=O) groups is 1. The van der Waals surface area contributed by atoms with Gasteiger partial charge in [0.25, 0.3) is 0 Å². The number of sulfone groups is 1. The smallest absolute Gasteiger partial charge is 0.319 e. The monoisotopic (exact) mass is 346 g/mol. The zero-order valence-electron chi connectivity index (χ0n) is 13.7. The Morgan fingerprint density at radius 3 is 2.52 bits per heavy atom. The Bertz CT molecular complexity index is 647. The molecule has 2 amide bonds. The van der Waals surface area contributed by atoms with Crippen LogP contribution in [0, 0.1) is 11.7 Å². The number of rotatable bonds is 7. The van der Waals surface area contributed by atoms with Crippen LogP contribution in [0.4, 0.5) is 14.9 Å². The van der Waals surface area contributed by atoms with Gasteiger partial charge in [-0.25, -0.2) is 17.6 Å². The second-order valence-corrected chi connectivity index (χ2v) is 7.45. The zero-order chi connectivity index (χ0) is 17.6. The molecule has 1 atom stereocenters. The first-order valence-electron chi connectivity index (χ1n) is 7.30. The Morgan fingerprint density at radius 1 is 1.35 bits per heavy atom. The molecule has 0 aliphatic rings. The van der Waals surface area contributed by atoms with Gasteiger partial charge in [-0.15, -0.1) is 0 Å². The molecule has 1 rings (SSSR count). The summed E-state index contributed by atoms with van der Waals surface area (Å²) in [4.78, 5) is 11.6. The summed E-state index contributed by atoms with van der Waals surface area (Å²) in [5.41, 5.74) is -0.0936. The third kappa shape index (κ3) is 5.80. The van der Waals surface area contributed by atoms with Crippen molar-refractivity contribution in [3.8, 4) is 0 Å². The van der Waals surface area contributed by atoms with Crippen LogP contribution in [0.25, 0.3) is 0 Å². The fourth-order valence-corrected chi connectivity index (χ4v) is 2.90. The first-order valence-corrected chi connectivity index (χ1v) is 9.19. The van der Waals surface area contributed by atoms with Crippen LogP contribution in [0.2, 0.25) is 0 Å². The first-order chi connectivity index (χ1) is 10.7. The number of hydrogen-bond donors (Lipinski definition) is 2. The average Bonchev–Trinajstić information content (AvgIpc) is 2.41. The molecule has 2 N–H and O–H groups in total. The van der Waals surface area contributed by atoms with Crippen molar-refractivity contribution >= 4 is 21.6 Å². The highest BCUT2D eigenvalue weighted by Crippen LogP contribution is 2.24. The van der Waals surface area contributed by atoms with E-state index >= 15 is 0 Å². The predicted molar refractivity (Wildman–Crippen MR) is 86.8 cm³/mol. The minimum atomic E-state index is -3.81. The van der Waals surface area contributed by atoms with Gasteiger partial charge in [0.1, 0.15) is 10.7 Å². The molecule has 130 valence electrons. The third-order valence-corrected chi connectivity index (χ3v) is 4.37. The Kier molecular flexibility index (Phi) is 6.96. The maximum absolute atomic E-state index is 13.8. The SMILES string of the molecule is CCOCC(NC(=O)Nc1cccc(F)c1S(C)(=O)=O)C(C)C. The van der Waals surface area contributed by atoms with Crippen LogP contribution in [-0.2, 0) is 14.6 Å². The molecule has 0 aromatic heterocycles. The maximum Gasteiger partial charge on any atom is 0.319 e. The Morgan fingerprint density at radius 2 is 2.00 bits per heavy atom. The summed E-state index contributed by atoms with van der Waals surface area (Å²) in [7, 11) is -3.81. The van der Waals surface area contributed by atoms with Crippen molar-refractivity contribution < 1.29 is 22.3 Å². The Hall–Kier alpha value is -1.67. The molecular weight excluding hydrogens is 323 g/mol. The second-order valence-electron chi connectivity index (χ2n) is 5.50. The summed E-state index contributed by atoms with van der Waals surface area (Å²) in [5, 5.41) is 5.10. The van der Waals surface area contributed by atoms with Crippen molar-refractivity contribution in [2.24, 2.45) is 5.92 Å². The number of amides is 2. The van der Waals surface area contributed by atoms with Crippen molar-refractivity contribution in [2.45, 2.75) is 31.7 Å². The van der Waals surface area contributed by atoms with Crippen molar-refractivity contribution in [2.75, 3.05) is 24.8 Å². The number of hydrogen-bond acceptors (Lipinski definition) is 4. The van der Waals surface area contributed by atoms with Crippen molar-refractivity contribution in [3.05, 3.63) is 24.0 Å². The van der Waals surface area contributed by atoms with E-state index < -0.39 is 26.6 Å². The third-order valence-electron chi connectivity index (χ3n) is 3.21. The lowest BCUT2D eigenvalue weighted by Gasteiger charge is -2.22. The molecule has 23 heavy (non-hydrogen) atoms. The molecule has 0 radical (unpaired) electrons. The molecule has 1 unspecified atom stereocenters. The highest BCUT2D eigenvalue weighted by Gasteiger charge is 2.21. The molecule has 0 fully saturated rings. The molecule has 0 heterocycles. The highest BCUT2D eigenvalue weighted by atomic mass is 32.2. The van der Waals surface area contributed by atoms with E-state index in [4.69, 9.17) is 4.74 Å². The molecule has 1 aromatic rings. The van der Waals surface area contributed by atoms with E-state index in [1.54, 1.807) is 0 Å². The molecule has 0 saturated carbocycles. The predicted octanol–water partition coefficient (Wildman–Crippen LogP) is 2.41. The Balaban J connectivity index is 2.92. The molecule has 1 aromatic carbocycles. The fourth-order valence-electron chi connectivity index (χ4n) is 1.96. The first kappa shape index (κ1) is 19.4. The molecule has 0 spiro atoms. The van der Waals surface area contributed by atoms with E-state index in [2.05, 4.69) is 10.6 Å². The van der Waals surface area contributed by atoms with Crippen LogP contribution >= 0.6 is 0 Å². The number of carbonyl (C=O) groups excluding carboxylic acids is 1.